The third kappa shape index (κ3) is 3.97. The van der Waals surface area contributed by atoms with Crippen LogP contribution in [0.25, 0.3) is 0 Å². The maximum Gasteiger partial charge on any atom is 0.330 e. The number of benzene rings is 1. The summed E-state index contributed by atoms with van der Waals surface area (Å²) in [7, 11) is 0. The minimum atomic E-state index is -0.798. The third-order valence-electron chi connectivity index (χ3n) is 3.56. The van der Waals surface area contributed by atoms with Gasteiger partial charge in [-0.25, -0.2) is 4.79 Å². The van der Waals surface area contributed by atoms with Crippen molar-refractivity contribution in [3.05, 3.63) is 29.8 Å². The molecule has 1 unspecified atom stereocenters. The molecule has 0 radical (unpaired) electrons. The summed E-state index contributed by atoms with van der Waals surface area (Å²) in [4.78, 5) is 12.4. The van der Waals surface area contributed by atoms with Gasteiger partial charge in [-0.2, -0.15) is 0 Å². The van der Waals surface area contributed by atoms with Crippen molar-refractivity contribution >= 4 is 5.97 Å². The van der Waals surface area contributed by atoms with E-state index in [1.165, 1.54) is 0 Å². The largest absolute Gasteiger partial charge is 0.491 e. The van der Waals surface area contributed by atoms with Gasteiger partial charge >= 0.3 is 5.97 Å². The SMILES string of the molecule is CCOC(=O)C(C)(NC1CC1)c1ccc(OC(C)C)cc1. The second-order valence-electron chi connectivity index (χ2n) is 5.96. The lowest BCUT2D eigenvalue weighted by Gasteiger charge is -2.29. The predicted molar refractivity (Wildman–Crippen MR) is 82.3 cm³/mol. The summed E-state index contributed by atoms with van der Waals surface area (Å²) >= 11 is 0. The monoisotopic (exact) mass is 291 g/mol. The Balaban J connectivity index is 2.21. The van der Waals surface area contributed by atoms with E-state index in [0.717, 1.165) is 24.2 Å². The molecule has 0 amide bonds. The molecular formula is C17H25NO3. The van der Waals surface area contributed by atoms with E-state index in [9.17, 15) is 4.79 Å². The summed E-state index contributed by atoms with van der Waals surface area (Å²) in [6.45, 7) is 8.09. The van der Waals surface area contributed by atoms with E-state index in [-0.39, 0.29) is 12.1 Å². The Hall–Kier alpha value is -1.55. The molecule has 0 heterocycles. The molecule has 1 atom stereocenters. The molecular weight excluding hydrogens is 266 g/mol. The lowest BCUT2D eigenvalue weighted by Crippen LogP contribution is -2.48. The van der Waals surface area contributed by atoms with Crippen LogP contribution in [-0.2, 0) is 15.1 Å². The van der Waals surface area contributed by atoms with Crippen molar-refractivity contribution < 1.29 is 14.3 Å². The van der Waals surface area contributed by atoms with Gasteiger partial charge in [0.1, 0.15) is 11.3 Å². The fraction of sp³-hybridized carbons (Fsp3) is 0.588. The highest BCUT2D eigenvalue weighted by atomic mass is 16.5. The van der Waals surface area contributed by atoms with Gasteiger partial charge in [0.05, 0.1) is 12.7 Å². The molecule has 0 bridgehead atoms. The van der Waals surface area contributed by atoms with Crippen molar-refractivity contribution in [2.75, 3.05) is 6.61 Å². The normalized spacial score (nSPS) is 17.4. The van der Waals surface area contributed by atoms with E-state index in [1.807, 2.05) is 52.0 Å². The van der Waals surface area contributed by atoms with E-state index in [1.54, 1.807) is 0 Å². The third-order valence-corrected chi connectivity index (χ3v) is 3.56. The van der Waals surface area contributed by atoms with E-state index < -0.39 is 5.54 Å². The van der Waals surface area contributed by atoms with Gasteiger partial charge in [-0.05, 0) is 58.2 Å². The van der Waals surface area contributed by atoms with Crippen molar-refractivity contribution in [1.82, 2.24) is 5.32 Å². The molecule has 1 aliphatic carbocycles. The van der Waals surface area contributed by atoms with Gasteiger partial charge < -0.3 is 9.47 Å². The van der Waals surface area contributed by atoms with Gasteiger partial charge in [-0.15, -0.1) is 0 Å². The van der Waals surface area contributed by atoms with Crippen molar-refractivity contribution in [2.45, 2.75) is 58.2 Å². The summed E-state index contributed by atoms with van der Waals surface area (Å²) in [5.41, 5.74) is 0.108. The molecule has 1 fully saturated rings. The summed E-state index contributed by atoms with van der Waals surface area (Å²) < 4.78 is 10.9. The first-order valence-electron chi connectivity index (χ1n) is 7.68. The van der Waals surface area contributed by atoms with Gasteiger partial charge in [-0.3, -0.25) is 5.32 Å². The molecule has 2 rings (SSSR count). The second kappa shape index (κ2) is 6.48. The number of carbonyl (C=O) groups is 1. The summed E-state index contributed by atoms with van der Waals surface area (Å²) in [6, 6.07) is 8.09. The first kappa shape index (κ1) is 15.8. The Morgan fingerprint density at radius 3 is 2.43 bits per heavy atom. The van der Waals surface area contributed by atoms with Crippen LogP contribution in [0.3, 0.4) is 0 Å². The highest BCUT2D eigenvalue weighted by Gasteiger charge is 2.41. The lowest BCUT2D eigenvalue weighted by molar-refractivity contribution is -0.151. The van der Waals surface area contributed by atoms with Gasteiger partial charge in [0.2, 0.25) is 0 Å². The van der Waals surface area contributed by atoms with Crippen LogP contribution in [0, 0.1) is 0 Å². The molecule has 1 aliphatic rings. The Bertz CT molecular complexity index is 479. The highest BCUT2D eigenvalue weighted by molar-refractivity contribution is 5.82. The number of hydrogen-bond acceptors (Lipinski definition) is 4. The molecule has 0 saturated heterocycles. The van der Waals surface area contributed by atoms with Gasteiger partial charge in [0.15, 0.2) is 0 Å². The Kier molecular flexibility index (Phi) is 4.88. The van der Waals surface area contributed by atoms with Crippen LogP contribution in [0.5, 0.6) is 5.75 Å². The maximum absolute atomic E-state index is 12.4. The van der Waals surface area contributed by atoms with Crippen LogP contribution < -0.4 is 10.1 Å². The molecule has 0 spiro atoms. The van der Waals surface area contributed by atoms with Crippen molar-refractivity contribution in [3.8, 4) is 5.75 Å². The molecule has 1 saturated carbocycles. The fourth-order valence-corrected chi connectivity index (χ4v) is 2.31. The lowest BCUT2D eigenvalue weighted by atomic mass is 9.91. The highest BCUT2D eigenvalue weighted by Crippen LogP contribution is 2.30. The van der Waals surface area contributed by atoms with Crippen LogP contribution in [0.2, 0.25) is 0 Å². The molecule has 0 aromatic heterocycles. The molecule has 0 aliphatic heterocycles. The second-order valence-corrected chi connectivity index (χ2v) is 5.96. The van der Waals surface area contributed by atoms with Crippen LogP contribution in [0.1, 0.15) is 46.1 Å². The molecule has 4 nitrogen and oxygen atoms in total. The minimum absolute atomic E-state index is 0.136. The number of carbonyl (C=O) groups excluding carboxylic acids is 1. The quantitative estimate of drug-likeness (QED) is 0.785. The maximum atomic E-state index is 12.4. The van der Waals surface area contributed by atoms with Crippen molar-refractivity contribution in [2.24, 2.45) is 0 Å². The number of esters is 1. The zero-order valence-corrected chi connectivity index (χ0v) is 13.3. The van der Waals surface area contributed by atoms with Crippen molar-refractivity contribution in [3.63, 3.8) is 0 Å². The van der Waals surface area contributed by atoms with Crippen LogP contribution in [0.4, 0.5) is 0 Å². The van der Waals surface area contributed by atoms with Gasteiger partial charge in [-0.1, -0.05) is 12.1 Å². The molecule has 21 heavy (non-hydrogen) atoms. The average Bonchev–Trinajstić information content (AvgIpc) is 3.22. The van der Waals surface area contributed by atoms with E-state index in [0.29, 0.717) is 12.6 Å². The van der Waals surface area contributed by atoms with Gasteiger partial charge in [0.25, 0.3) is 0 Å². The topological polar surface area (TPSA) is 47.6 Å². The fourth-order valence-electron chi connectivity index (χ4n) is 2.31. The van der Waals surface area contributed by atoms with E-state index >= 15 is 0 Å². The van der Waals surface area contributed by atoms with E-state index in [4.69, 9.17) is 9.47 Å². The zero-order chi connectivity index (χ0) is 15.5. The number of hydrogen-bond donors (Lipinski definition) is 1. The molecule has 116 valence electrons. The predicted octanol–water partition coefficient (Wildman–Crippen LogP) is 3.00. The Morgan fingerprint density at radius 2 is 1.95 bits per heavy atom. The molecule has 1 N–H and O–H groups in total. The molecule has 1 aromatic rings. The summed E-state index contributed by atoms with van der Waals surface area (Å²) in [6.07, 6.45) is 2.37. The van der Waals surface area contributed by atoms with Crippen LogP contribution >= 0.6 is 0 Å². The number of nitrogens with one attached hydrogen (secondary N) is 1. The van der Waals surface area contributed by atoms with Gasteiger partial charge in [0, 0.05) is 6.04 Å². The number of rotatable bonds is 7. The van der Waals surface area contributed by atoms with Crippen molar-refractivity contribution in [1.29, 1.82) is 0 Å². The first-order valence-corrected chi connectivity index (χ1v) is 7.68. The summed E-state index contributed by atoms with van der Waals surface area (Å²) in [5, 5.41) is 3.41. The summed E-state index contributed by atoms with van der Waals surface area (Å²) in [5.74, 6) is 0.584. The Labute approximate surface area is 126 Å². The van der Waals surface area contributed by atoms with E-state index in [2.05, 4.69) is 5.32 Å². The zero-order valence-electron chi connectivity index (χ0n) is 13.3. The molecule has 4 heteroatoms. The Morgan fingerprint density at radius 1 is 1.33 bits per heavy atom. The average molecular weight is 291 g/mol. The smallest absolute Gasteiger partial charge is 0.330 e. The first-order chi connectivity index (χ1) is 9.95. The van der Waals surface area contributed by atoms with Crippen LogP contribution in [-0.4, -0.2) is 24.7 Å². The minimum Gasteiger partial charge on any atom is -0.491 e. The standard InChI is InChI=1S/C17H25NO3/c1-5-20-16(19)17(4,18-14-8-9-14)13-6-10-15(11-7-13)21-12(2)3/h6-7,10-12,14,18H,5,8-9H2,1-4H3. The van der Waals surface area contributed by atoms with Crippen LogP contribution in [0.15, 0.2) is 24.3 Å². The number of ether oxygens (including phenoxy) is 2. The molecule has 1 aromatic carbocycles.